The number of benzene rings is 1. The predicted molar refractivity (Wildman–Crippen MR) is 84.7 cm³/mol. The Morgan fingerprint density at radius 2 is 1.87 bits per heavy atom. The maximum atomic E-state index is 12.3. The smallest absolute Gasteiger partial charge is 0.306 e. The number of carboxylic acid groups (broad SMARTS) is 1. The number of rotatable bonds is 5. The highest BCUT2D eigenvalue weighted by Gasteiger charge is 2.35. The normalized spacial score (nSPS) is 30.3. The van der Waals surface area contributed by atoms with Crippen LogP contribution in [0.1, 0.15) is 37.4 Å². The van der Waals surface area contributed by atoms with Gasteiger partial charge in [0.2, 0.25) is 5.91 Å². The molecule has 1 aromatic carbocycles. The van der Waals surface area contributed by atoms with E-state index in [9.17, 15) is 9.59 Å². The SMILES string of the molecule is O=C(O)[C@@H]1CC[C@H](C(=O)NC[C@@H]2CCO[C@H]2c2ccccc2)C1. The molecule has 0 spiro atoms. The number of aliphatic carboxylic acids is 1. The lowest BCUT2D eigenvalue weighted by molar-refractivity contribution is -0.141. The minimum atomic E-state index is -0.784. The Labute approximate surface area is 136 Å². The predicted octanol–water partition coefficient (Wildman–Crippen LogP) is 2.38. The molecule has 1 saturated carbocycles. The molecule has 0 unspecified atom stereocenters. The van der Waals surface area contributed by atoms with Gasteiger partial charge in [-0.25, -0.2) is 0 Å². The van der Waals surface area contributed by atoms with Crippen LogP contribution in [0, 0.1) is 17.8 Å². The molecule has 5 heteroatoms. The Balaban J connectivity index is 1.52. The third-order valence-electron chi connectivity index (χ3n) is 5.03. The van der Waals surface area contributed by atoms with Gasteiger partial charge in [-0.1, -0.05) is 30.3 Å². The molecular weight excluding hydrogens is 294 g/mol. The lowest BCUT2D eigenvalue weighted by atomic mass is 9.95. The fourth-order valence-electron chi connectivity index (χ4n) is 3.67. The maximum absolute atomic E-state index is 12.3. The molecule has 1 aromatic rings. The van der Waals surface area contributed by atoms with E-state index in [2.05, 4.69) is 17.4 Å². The standard InChI is InChI=1S/C18H23NO4/c20-17(13-6-7-14(10-13)18(21)22)19-11-15-8-9-23-16(15)12-4-2-1-3-5-12/h1-5,13-16H,6-11H2,(H,19,20)(H,21,22)/t13-,14+,15-,16-/m0/s1. The maximum Gasteiger partial charge on any atom is 0.306 e. The van der Waals surface area contributed by atoms with Crippen molar-refractivity contribution in [2.24, 2.45) is 17.8 Å². The van der Waals surface area contributed by atoms with Gasteiger partial charge in [-0.05, 0) is 31.2 Å². The summed E-state index contributed by atoms with van der Waals surface area (Å²) in [7, 11) is 0. The summed E-state index contributed by atoms with van der Waals surface area (Å²) in [6.07, 6.45) is 2.71. The van der Waals surface area contributed by atoms with Crippen LogP contribution in [0.3, 0.4) is 0 Å². The highest BCUT2D eigenvalue weighted by molar-refractivity contribution is 5.80. The van der Waals surface area contributed by atoms with Crippen LogP contribution in [0.25, 0.3) is 0 Å². The van der Waals surface area contributed by atoms with E-state index in [1.807, 2.05) is 18.2 Å². The third-order valence-corrected chi connectivity index (χ3v) is 5.03. The van der Waals surface area contributed by atoms with E-state index in [0.29, 0.717) is 32.4 Å². The zero-order valence-electron chi connectivity index (χ0n) is 13.1. The summed E-state index contributed by atoms with van der Waals surface area (Å²) >= 11 is 0. The van der Waals surface area contributed by atoms with E-state index in [-0.39, 0.29) is 29.8 Å². The number of carbonyl (C=O) groups is 2. The highest BCUT2D eigenvalue weighted by Crippen LogP contribution is 2.35. The van der Waals surface area contributed by atoms with Crippen LogP contribution in [0.5, 0.6) is 0 Å². The first-order chi connectivity index (χ1) is 11.1. The van der Waals surface area contributed by atoms with Gasteiger partial charge in [-0.2, -0.15) is 0 Å². The highest BCUT2D eigenvalue weighted by atomic mass is 16.5. The summed E-state index contributed by atoms with van der Waals surface area (Å²) < 4.78 is 5.83. The van der Waals surface area contributed by atoms with E-state index in [1.54, 1.807) is 0 Å². The van der Waals surface area contributed by atoms with E-state index in [4.69, 9.17) is 9.84 Å². The number of nitrogens with one attached hydrogen (secondary N) is 1. The van der Waals surface area contributed by atoms with Gasteiger partial charge in [0.05, 0.1) is 12.0 Å². The number of hydrogen-bond donors (Lipinski definition) is 2. The minimum Gasteiger partial charge on any atom is -0.481 e. The number of carboxylic acids is 1. The minimum absolute atomic E-state index is 0.00698. The molecule has 124 valence electrons. The van der Waals surface area contributed by atoms with Gasteiger partial charge < -0.3 is 15.2 Å². The average molecular weight is 317 g/mol. The first kappa shape index (κ1) is 16.0. The quantitative estimate of drug-likeness (QED) is 0.874. The molecule has 1 aliphatic carbocycles. The fourth-order valence-corrected chi connectivity index (χ4v) is 3.67. The zero-order chi connectivity index (χ0) is 16.2. The molecule has 1 amide bonds. The van der Waals surface area contributed by atoms with E-state index < -0.39 is 5.97 Å². The van der Waals surface area contributed by atoms with E-state index in [0.717, 1.165) is 12.0 Å². The first-order valence-electron chi connectivity index (χ1n) is 8.32. The Morgan fingerprint density at radius 1 is 1.13 bits per heavy atom. The van der Waals surface area contributed by atoms with Crippen molar-refractivity contribution in [3.63, 3.8) is 0 Å². The van der Waals surface area contributed by atoms with Crippen molar-refractivity contribution >= 4 is 11.9 Å². The van der Waals surface area contributed by atoms with Gasteiger partial charge in [-0.3, -0.25) is 9.59 Å². The largest absolute Gasteiger partial charge is 0.481 e. The molecule has 4 atom stereocenters. The molecule has 2 fully saturated rings. The van der Waals surface area contributed by atoms with Gasteiger partial charge in [0, 0.05) is 25.0 Å². The molecule has 5 nitrogen and oxygen atoms in total. The monoisotopic (exact) mass is 317 g/mol. The molecule has 2 N–H and O–H groups in total. The van der Waals surface area contributed by atoms with Gasteiger partial charge >= 0.3 is 5.97 Å². The molecule has 1 aliphatic heterocycles. The van der Waals surface area contributed by atoms with Crippen LogP contribution in [-0.4, -0.2) is 30.1 Å². The summed E-state index contributed by atoms with van der Waals surface area (Å²) in [6, 6.07) is 10.1. The number of amides is 1. The summed E-state index contributed by atoms with van der Waals surface area (Å²) in [4.78, 5) is 23.3. The van der Waals surface area contributed by atoms with Crippen molar-refractivity contribution in [1.82, 2.24) is 5.32 Å². The van der Waals surface area contributed by atoms with E-state index in [1.165, 1.54) is 0 Å². The van der Waals surface area contributed by atoms with Crippen molar-refractivity contribution in [1.29, 1.82) is 0 Å². The average Bonchev–Trinajstić information content (AvgIpc) is 3.22. The molecule has 3 rings (SSSR count). The van der Waals surface area contributed by atoms with Crippen LogP contribution < -0.4 is 5.32 Å². The van der Waals surface area contributed by atoms with Crippen molar-refractivity contribution in [3.8, 4) is 0 Å². The molecule has 0 radical (unpaired) electrons. The van der Waals surface area contributed by atoms with Gasteiger partial charge in [0.15, 0.2) is 0 Å². The Hall–Kier alpha value is -1.88. The Bertz CT molecular complexity index is 559. The van der Waals surface area contributed by atoms with Crippen LogP contribution >= 0.6 is 0 Å². The molecule has 2 aliphatic rings. The topological polar surface area (TPSA) is 75.6 Å². The molecule has 0 aromatic heterocycles. The van der Waals surface area contributed by atoms with Crippen molar-refractivity contribution < 1.29 is 19.4 Å². The second-order valence-corrected chi connectivity index (χ2v) is 6.54. The van der Waals surface area contributed by atoms with Gasteiger partial charge in [-0.15, -0.1) is 0 Å². The van der Waals surface area contributed by atoms with Gasteiger partial charge in [0.1, 0.15) is 0 Å². The van der Waals surface area contributed by atoms with Crippen LogP contribution in [0.15, 0.2) is 30.3 Å². The molecule has 1 saturated heterocycles. The second-order valence-electron chi connectivity index (χ2n) is 6.54. The van der Waals surface area contributed by atoms with Crippen LogP contribution in [0.4, 0.5) is 0 Å². The summed E-state index contributed by atoms with van der Waals surface area (Å²) in [5.74, 6) is -1.04. The Kier molecular flexibility index (Phi) is 4.96. The van der Waals surface area contributed by atoms with Crippen molar-refractivity contribution in [2.45, 2.75) is 31.8 Å². The fraction of sp³-hybridized carbons (Fsp3) is 0.556. The van der Waals surface area contributed by atoms with Crippen LogP contribution in [-0.2, 0) is 14.3 Å². The lowest BCUT2D eigenvalue weighted by Crippen LogP contribution is -2.34. The second kappa shape index (κ2) is 7.13. The number of ether oxygens (including phenoxy) is 1. The summed E-state index contributed by atoms with van der Waals surface area (Å²) in [6.45, 7) is 1.30. The van der Waals surface area contributed by atoms with Gasteiger partial charge in [0.25, 0.3) is 0 Å². The zero-order valence-corrected chi connectivity index (χ0v) is 13.1. The number of hydrogen-bond acceptors (Lipinski definition) is 3. The summed E-state index contributed by atoms with van der Waals surface area (Å²) in [5, 5.41) is 12.0. The third kappa shape index (κ3) is 3.72. The van der Waals surface area contributed by atoms with Crippen molar-refractivity contribution in [2.75, 3.05) is 13.2 Å². The first-order valence-corrected chi connectivity index (χ1v) is 8.32. The van der Waals surface area contributed by atoms with E-state index >= 15 is 0 Å². The lowest BCUT2D eigenvalue weighted by Gasteiger charge is -2.20. The molecule has 0 bridgehead atoms. The number of carbonyl (C=O) groups excluding carboxylic acids is 1. The van der Waals surface area contributed by atoms with Crippen molar-refractivity contribution in [3.05, 3.63) is 35.9 Å². The summed E-state index contributed by atoms with van der Waals surface area (Å²) in [5.41, 5.74) is 1.15. The molecule has 1 heterocycles. The van der Waals surface area contributed by atoms with Crippen LogP contribution in [0.2, 0.25) is 0 Å². The molecule has 23 heavy (non-hydrogen) atoms. The Morgan fingerprint density at radius 3 is 2.57 bits per heavy atom. The molecular formula is C18H23NO4.